The van der Waals surface area contributed by atoms with Crippen molar-refractivity contribution < 1.29 is 9.53 Å². The van der Waals surface area contributed by atoms with E-state index in [1.165, 1.54) is 4.90 Å². The molecule has 0 aromatic heterocycles. The largest absolute Gasteiger partial charge is 0.496 e. The molecule has 0 atom stereocenters. The second-order valence-corrected chi connectivity index (χ2v) is 4.05. The van der Waals surface area contributed by atoms with Gasteiger partial charge in [0, 0.05) is 19.2 Å². The summed E-state index contributed by atoms with van der Waals surface area (Å²) in [4.78, 5) is 12.6. The van der Waals surface area contributed by atoms with Gasteiger partial charge >= 0.3 is 5.91 Å². The van der Waals surface area contributed by atoms with Crippen molar-refractivity contribution in [3.05, 3.63) is 28.8 Å². The summed E-state index contributed by atoms with van der Waals surface area (Å²) in [6, 6.07) is 5.59. The number of rotatable bonds is 3. The average Bonchev–Trinajstić information content (AvgIpc) is 2.27. The molecule has 1 rings (SSSR count). The van der Waals surface area contributed by atoms with E-state index in [-0.39, 0.29) is 0 Å². The van der Waals surface area contributed by atoms with Crippen molar-refractivity contribution in [3.8, 4) is 11.8 Å². The molecule has 0 saturated heterocycles. The van der Waals surface area contributed by atoms with Crippen LogP contribution in [0.5, 0.6) is 5.75 Å². The number of amides is 1. The minimum Gasteiger partial charge on any atom is -0.496 e. The molecule has 4 nitrogen and oxygen atoms in total. The molecule has 0 bridgehead atoms. The van der Waals surface area contributed by atoms with Gasteiger partial charge in [-0.05, 0) is 19.4 Å². The molecule has 0 aliphatic rings. The van der Waals surface area contributed by atoms with E-state index in [1.807, 2.05) is 26.0 Å². The fraction of sp³-hybridized carbons (Fsp3) is 0.385. The molecule has 0 fully saturated rings. The summed E-state index contributed by atoms with van der Waals surface area (Å²) in [5.41, 5.74) is 3.05. The normalized spacial score (nSPS) is 9.59. The number of nitriles is 1. The lowest BCUT2D eigenvalue weighted by Crippen LogP contribution is -2.24. The highest BCUT2D eigenvalue weighted by atomic mass is 16.5. The lowest BCUT2D eigenvalue weighted by molar-refractivity contribution is -0.124. The number of carbonyl (C=O) groups excluding carboxylic acids is 1. The Hall–Kier alpha value is -2.02. The number of ether oxygens (including phenoxy) is 1. The lowest BCUT2D eigenvalue weighted by atomic mass is 10.1. The van der Waals surface area contributed by atoms with E-state index in [1.54, 1.807) is 20.2 Å². The van der Waals surface area contributed by atoms with Crippen LogP contribution in [0.2, 0.25) is 0 Å². The van der Waals surface area contributed by atoms with Crippen LogP contribution in [0.4, 0.5) is 0 Å². The van der Waals surface area contributed by atoms with Gasteiger partial charge in [0.15, 0.2) is 6.07 Å². The second-order valence-electron chi connectivity index (χ2n) is 4.05. The molecule has 0 N–H and O–H groups in total. The molecule has 0 radical (unpaired) electrons. The maximum absolute atomic E-state index is 11.2. The Kier molecular flexibility index (Phi) is 4.11. The highest BCUT2D eigenvalue weighted by molar-refractivity contribution is 5.91. The van der Waals surface area contributed by atoms with E-state index >= 15 is 0 Å². The second kappa shape index (κ2) is 5.35. The van der Waals surface area contributed by atoms with Crippen molar-refractivity contribution in [1.29, 1.82) is 5.26 Å². The summed E-state index contributed by atoms with van der Waals surface area (Å²) < 4.78 is 5.32. The van der Waals surface area contributed by atoms with Gasteiger partial charge in [-0.15, -0.1) is 0 Å². The van der Waals surface area contributed by atoms with E-state index in [9.17, 15) is 4.79 Å². The van der Waals surface area contributed by atoms with E-state index in [0.717, 1.165) is 22.4 Å². The Morgan fingerprint density at radius 2 is 2.12 bits per heavy atom. The topological polar surface area (TPSA) is 53.3 Å². The Bertz CT molecular complexity index is 475. The molecule has 1 amide bonds. The summed E-state index contributed by atoms with van der Waals surface area (Å²) in [6.45, 7) is 4.32. The van der Waals surface area contributed by atoms with Crippen LogP contribution in [-0.4, -0.2) is 25.0 Å². The summed E-state index contributed by atoms with van der Waals surface area (Å²) in [5.74, 6) is 0.222. The fourth-order valence-electron chi connectivity index (χ4n) is 1.86. The third kappa shape index (κ3) is 2.97. The van der Waals surface area contributed by atoms with Crippen molar-refractivity contribution in [2.75, 3.05) is 14.2 Å². The number of aryl methyl sites for hydroxylation is 2. The van der Waals surface area contributed by atoms with Crippen LogP contribution in [0, 0.1) is 25.2 Å². The molecular formula is C13H16N2O2. The van der Waals surface area contributed by atoms with E-state index in [4.69, 9.17) is 10.00 Å². The van der Waals surface area contributed by atoms with Crippen molar-refractivity contribution in [2.45, 2.75) is 20.4 Å². The van der Waals surface area contributed by atoms with E-state index in [2.05, 4.69) is 0 Å². The van der Waals surface area contributed by atoms with Gasteiger partial charge < -0.3 is 9.64 Å². The number of nitrogens with zero attached hydrogens (tertiary/aromatic N) is 2. The molecule has 1 aromatic carbocycles. The summed E-state index contributed by atoms with van der Waals surface area (Å²) in [5, 5.41) is 8.55. The van der Waals surface area contributed by atoms with Crippen LogP contribution in [0.1, 0.15) is 16.7 Å². The van der Waals surface area contributed by atoms with Crippen molar-refractivity contribution in [2.24, 2.45) is 0 Å². The van der Waals surface area contributed by atoms with Crippen LogP contribution in [0.15, 0.2) is 12.1 Å². The number of carbonyl (C=O) groups is 1. The van der Waals surface area contributed by atoms with Gasteiger partial charge in [0.1, 0.15) is 5.75 Å². The first-order chi connectivity index (χ1) is 7.99. The summed E-state index contributed by atoms with van der Waals surface area (Å²) >= 11 is 0. The number of methoxy groups -OCH3 is 1. The molecule has 0 aliphatic carbocycles. The van der Waals surface area contributed by atoms with Gasteiger partial charge in [0.05, 0.1) is 7.11 Å². The molecule has 1 aromatic rings. The zero-order valence-electron chi connectivity index (χ0n) is 10.6. The molecule has 17 heavy (non-hydrogen) atoms. The quantitative estimate of drug-likeness (QED) is 0.747. The van der Waals surface area contributed by atoms with Gasteiger partial charge in [-0.2, -0.15) is 5.26 Å². The van der Waals surface area contributed by atoms with Gasteiger partial charge in [-0.1, -0.05) is 17.7 Å². The maximum Gasteiger partial charge on any atom is 0.325 e. The molecule has 0 aliphatic heterocycles. The Morgan fingerprint density at radius 1 is 1.47 bits per heavy atom. The van der Waals surface area contributed by atoms with Crippen LogP contribution in [0.25, 0.3) is 0 Å². The van der Waals surface area contributed by atoms with Gasteiger partial charge in [0.2, 0.25) is 0 Å². The Morgan fingerprint density at radius 3 is 2.65 bits per heavy atom. The summed E-state index contributed by atoms with van der Waals surface area (Å²) in [6.07, 6.45) is 0. The van der Waals surface area contributed by atoms with Gasteiger partial charge in [-0.3, -0.25) is 4.79 Å². The van der Waals surface area contributed by atoms with Crippen molar-refractivity contribution in [3.63, 3.8) is 0 Å². The Labute approximate surface area is 101 Å². The fourth-order valence-corrected chi connectivity index (χ4v) is 1.86. The first-order valence-corrected chi connectivity index (χ1v) is 5.29. The third-order valence-electron chi connectivity index (χ3n) is 2.55. The molecule has 4 heteroatoms. The third-order valence-corrected chi connectivity index (χ3v) is 2.55. The first-order valence-electron chi connectivity index (χ1n) is 5.29. The molecule has 0 spiro atoms. The lowest BCUT2D eigenvalue weighted by Gasteiger charge is -2.17. The molecule has 90 valence electrons. The molecule has 0 heterocycles. The van der Waals surface area contributed by atoms with E-state index in [0.29, 0.717) is 6.54 Å². The van der Waals surface area contributed by atoms with Crippen LogP contribution in [-0.2, 0) is 11.3 Å². The SMILES string of the molecule is COc1c(C)cc(C)cc1CN(C)C(=O)C#N. The monoisotopic (exact) mass is 232 g/mol. The molecule has 0 saturated carbocycles. The van der Waals surface area contributed by atoms with Crippen molar-refractivity contribution in [1.82, 2.24) is 4.90 Å². The molecular weight excluding hydrogens is 216 g/mol. The standard InChI is InChI=1S/C13H16N2O2/c1-9-5-10(2)13(17-4)11(6-9)8-15(3)12(16)7-14/h5-6H,8H2,1-4H3. The number of hydrogen-bond donors (Lipinski definition) is 0. The predicted octanol–water partition coefficient (Wildman–Crippen LogP) is 1.79. The maximum atomic E-state index is 11.2. The predicted molar refractivity (Wildman–Crippen MR) is 64.6 cm³/mol. The minimum atomic E-state index is -0.550. The van der Waals surface area contributed by atoms with Crippen molar-refractivity contribution >= 4 is 5.91 Å². The van der Waals surface area contributed by atoms with Crippen LogP contribution in [0.3, 0.4) is 0 Å². The van der Waals surface area contributed by atoms with Crippen LogP contribution < -0.4 is 4.74 Å². The average molecular weight is 232 g/mol. The summed E-state index contributed by atoms with van der Waals surface area (Å²) in [7, 11) is 3.20. The van der Waals surface area contributed by atoms with Gasteiger partial charge in [-0.25, -0.2) is 0 Å². The first kappa shape index (κ1) is 13.0. The number of hydrogen-bond acceptors (Lipinski definition) is 3. The van der Waals surface area contributed by atoms with Crippen LogP contribution >= 0.6 is 0 Å². The Balaban J connectivity index is 3.06. The highest BCUT2D eigenvalue weighted by Crippen LogP contribution is 2.25. The highest BCUT2D eigenvalue weighted by Gasteiger charge is 2.13. The molecule has 0 unspecified atom stereocenters. The zero-order valence-corrected chi connectivity index (χ0v) is 10.6. The minimum absolute atomic E-state index is 0.373. The zero-order chi connectivity index (χ0) is 13.0. The van der Waals surface area contributed by atoms with E-state index < -0.39 is 5.91 Å². The number of benzene rings is 1. The van der Waals surface area contributed by atoms with Gasteiger partial charge in [0.25, 0.3) is 0 Å². The smallest absolute Gasteiger partial charge is 0.325 e.